The van der Waals surface area contributed by atoms with E-state index in [4.69, 9.17) is 16.7 Å². The summed E-state index contributed by atoms with van der Waals surface area (Å²) in [5.74, 6) is -0.466. The van der Waals surface area contributed by atoms with Gasteiger partial charge >= 0.3 is 5.97 Å². The van der Waals surface area contributed by atoms with Gasteiger partial charge in [-0.3, -0.25) is 4.79 Å². The third-order valence-electron chi connectivity index (χ3n) is 3.59. The van der Waals surface area contributed by atoms with E-state index in [2.05, 4.69) is 4.90 Å². The molecule has 2 rings (SSSR count). The summed E-state index contributed by atoms with van der Waals surface area (Å²) in [4.78, 5) is 13.1. The van der Waals surface area contributed by atoms with E-state index >= 15 is 0 Å². The summed E-state index contributed by atoms with van der Waals surface area (Å²) >= 11 is 5.87. The Morgan fingerprint density at radius 2 is 2.17 bits per heavy atom. The molecule has 18 heavy (non-hydrogen) atoms. The van der Waals surface area contributed by atoms with Crippen molar-refractivity contribution in [1.29, 1.82) is 0 Å². The molecule has 0 bridgehead atoms. The quantitative estimate of drug-likeness (QED) is 0.910. The van der Waals surface area contributed by atoms with Gasteiger partial charge in [-0.05, 0) is 43.0 Å². The molecule has 1 aromatic rings. The number of rotatable bonds is 4. The van der Waals surface area contributed by atoms with Crippen LogP contribution in [0.25, 0.3) is 0 Å². The first-order chi connectivity index (χ1) is 8.56. The lowest BCUT2D eigenvalue weighted by Crippen LogP contribution is -2.21. The van der Waals surface area contributed by atoms with Crippen molar-refractivity contribution in [2.45, 2.75) is 19.8 Å². The Balaban J connectivity index is 1.92. The second-order valence-corrected chi connectivity index (χ2v) is 5.49. The minimum absolute atomic E-state index is 0.250. The topological polar surface area (TPSA) is 40.5 Å². The number of carboxylic acids is 1. The number of hydrogen-bond acceptors (Lipinski definition) is 2. The number of carbonyl (C=O) groups is 1. The molecule has 2 unspecified atom stereocenters. The molecule has 3 nitrogen and oxygen atoms in total. The van der Waals surface area contributed by atoms with Crippen molar-refractivity contribution in [2.75, 3.05) is 18.0 Å². The van der Waals surface area contributed by atoms with Gasteiger partial charge in [0.05, 0.1) is 5.92 Å². The first-order valence-electron chi connectivity index (χ1n) is 6.29. The number of anilines is 1. The van der Waals surface area contributed by atoms with Crippen molar-refractivity contribution >= 4 is 23.3 Å². The molecule has 0 aromatic heterocycles. The van der Waals surface area contributed by atoms with E-state index in [1.54, 1.807) is 6.92 Å². The van der Waals surface area contributed by atoms with E-state index in [0.29, 0.717) is 5.92 Å². The second kappa shape index (κ2) is 5.61. The molecule has 1 aliphatic heterocycles. The lowest BCUT2D eigenvalue weighted by atomic mass is 9.95. The predicted molar refractivity (Wildman–Crippen MR) is 73.2 cm³/mol. The Hall–Kier alpha value is -1.22. The number of benzene rings is 1. The van der Waals surface area contributed by atoms with Gasteiger partial charge in [0.2, 0.25) is 0 Å². The van der Waals surface area contributed by atoms with Crippen LogP contribution in [0, 0.1) is 11.8 Å². The molecule has 1 fully saturated rings. The van der Waals surface area contributed by atoms with Crippen LogP contribution in [0.4, 0.5) is 5.69 Å². The summed E-state index contributed by atoms with van der Waals surface area (Å²) in [6.07, 6.45) is 1.83. The Morgan fingerprint density at radius 3 is 2.78 bits per heavy atom. The van der Waals surface area contributed by atoms with Crippen LogP contribution in [0.5, 0.6) is 0 Å². The first kappa shape index (κ1) is 13.2. The van der Waals surface area contributed by atoms with Gasteiger partial charge in [0.1, 0.15) is 0 Å². The fraction of sp³-hybridized carbons (Fsp3) is 0.500. The highest BCUT2D eigenvalue weighted by Crippen LogP contribution is 2.28. The summed E-state index contributed by atoms with van der Waals surface area (Å²) in [6.45, 7) is 3.73. The zero-order valence-electron chi connectivity index (χ0n) is 10.5. The summed E-state index contributed by atoms with van der Waals surface area (Å²) in [5.41, 5.74) is 1.17. The maximum atomic E-state index is 10.8. The molecule has 1 N–H and O–H groups in total. The Labute approximate surface area is 112 Å². The molecule has 1 aliphatic rings. The van der Waals surface area contributed by atoms with Crippen molar-refractivity contribution in [1.82, 2.24) is 0 Å². The standard InChI is InChI=1S/C14H18ClNO2/c1-10(14(17)18)8-11-6-7-16(9-11)13-4-2-12(15)3-5-13/h2-5,10-11H,6-9H2,1H3,(H,17,18). The molecule has 0 aliphatic carbocycles. The van der Waals surface area contributed by atoms with E-state index in [0.717, 1.165) is 31.0 Å². The lowest BCUT2D eigenvalue weighted by molar-refractivity contribution is -0.141. The fourth-order valence-corrected chi connectivity index (χ4v) is 2.64. The van der Waals surface area contributed by atoms with Crippen molar-refractivity contribution in [2.24, 2.45) is 11.8 Å². The number of halogens is 1. The number of hydrogen-bond donors (Lipinski definition) is 1. The minimum atomic E-state index is -0.694. The molecule has 0 spiro atoms. The first-order valence-corrected chi connectivity index (χ1v) is 6.67. The van der Waals surface area contributed by atoms with Crippen molar-refractivity contribution in [3.8, 4) is 0 Å². The molecule has 98 valence electrons. The number of nitrogens with zero attached hydrogens (tertiary/aromatic N) is 1. The molecule has 1 aromatic carbocycles. The zero-order valence-corrected chi connectivity index (χ0v) is 11.2. The normalized spacial score (nSPS) is 21.0. The summed E-state index contributed by atoms with van der Waals surface area (Å²) in [5, 5.41) is 9.67. The van der Waals surface area contributed by atoms with Crippen LogP contribution in [0.15, 0.2) is 24.3 Å². The number of aliphatic carboxylic acids is 1. The van der Waals surface area contributed by atoms with Gasteiger partial charge in [-0.2, -0.15) is 0 Å². The van der Waals surface area contributed by atoms with E-state index in [-0.39, 0.29) is 5.92 Å². The predicted octanol–water partition coefficient (Wildman–Crippen LogP) is 3.28. The molecule has 0 saturated carbocycles. The van der Waals surface area contributed by atoms with Crippen LogP contribution >= 0.6 is 11.6 Å². The maximum Gasteiger partial charge on any atom is 0.306 e. The van der Waals surface area contributed by atoms with Crippen molar-refractivity contribution in [3.63, 3.8) is 0 Å². The van der Waals surface area contributed by atoms with Crippen molar-refractivity contribution < 1.29 is 9.90 Å². The van der Waals surface area contributed by atoms with Gasteiger partial charge in [0.15, 0.2) is 0 Å². The van der Waals surface area contributed by atoms with Gasteiger partial charge < -0.3 is 10.0 Å². The SMILES string of the molecule is CC(CC1CCN(c2ccc(Cl)cc2)C1)C(=O)O. The summed E-state index contributed by atoms with van der Waals surface area (Å²) in [7, 11) is 0. The van der Waals surface area contributed by atoms with Crippen LogP contribution < -0.4 is 4.90 Å². The van der Waals surface area contributed by atoms with Gasteiger partial charge in [0.25, 0.3) is 0 Å². The highest BCUT2D eigenvalue weighted by Gasteiger charge is 2.26. The fourth-order valence-electron chi connectivity index (χ4n) is 2.51. The molecule has 0 amide bonds. The lowest BCUT2D eigenvalue weighted by Gasteiger charge is -2.19. The maximum absolute atomic E-state index is 10.8. The molecule has 0 radical (unpaired) electrons. The molecule has 2 atom stereocenters. The second-order valence-electron chi connectivity index (χ2n) is 5.05. The molecule has 4 heteroatoms. The monoisotopic (exact) mass is 267 g/mol. The van der Waals surface area contributed by atoms with Crippen molar-refractivity contribution in [3.05, 3.63) is 29.3 Å². The van der Waals surface area contributed by atoms with Gasteiger partial charge in [0, 0.05) is 23.8 Å². The van der Waals surface area contributed by atoms with E-state index < -0.39 is 5.97 Å². The highest BCUT2D eigenvalue weighted by atomic mass is 35.5. The van der Waals surface area contributed by atoms with Crippen LogP contribution in [-0.2, 0) is 4.79 Å². The molecule has 1 saturated heterocycles. The van der Waals surface area contributed by atoms with Gasteiger partial charge in [-0.15, -0.1) is 0 Å². The van der Waals surface area contributed by atoms with E-state index in [1.165, 1.54) is 5.69 Å². The average molecular weight is 268 g/mol. The summed E-state index contributed by atoms with van der Waals surface area (Å²) < 4.78 is 0. The van der Waals surface area contributed by atoms with Crippen LogP contribution in [-0.4, -0.2) is 24.2 Å². The molecular formula is C14H18ClNO2. The van der Waals surface area contributed by atoms with E-state index in [1.807, 2.05) is 24.3 Å². The molecular weight excluding hydrogens is 250 g/mol. The minimum Gasteiger partial charge on any atom is -0.481 e. The highest BCUT2D eigenvalue weighted by molar-refractivity contribution is 6.30. The smallest absolute Gasteiger partial charge is 0.306 e. The van der Waals surface area contributed by atoms with Crippen LogP contribution in [0.3, 0.4) is 0 Å². The Morgan fingerprint density at radius 1 is 1.50 bits per heavy atom. The third-order valence-corrected chi connectivity index (χ3v) is 3.84. The average Bonchev–Trinajstić information content (AvgIpc) is 2.78. The largest absolute Gasteiger partial charge is 0.481 e. The Kier molecular flexibility index (Phi) is 4.12. The van der Waals surface area contributed by atoms with Gasteiger partial charge in [-0.1, -0.05) is 18.5 Å². The summed E-state index contributed by atoms with van der Waals surface area (Å²) in [6, 6.07) is 7.82. The Bertz CT molecular complexity index is 418. The van der Waals surface area contributed by atoms with Crippen LogP contribution in [0.2, 0.25) is 5.02 Å². The van der Waals surface area contributed by atoms with Gasteiger partial charge in [-0.25, -0.2) is 0 Å². The third kappa shape index (κ3) is 3.16. The van der Waals surface area contributed by atoms with Crippen LogP contribution in [0.1, 0.15) is 19.8 Å². The zero-order chi connectivity index (χ0) is 13.1. The molecule has 1 heterocycles. The number of carboxylic acid groups (broad SMARTS) is 1. The van der Waals surface area contributed by atoms with E-state index in [9.17, 15) is 4.79 Å².